The van der Waals surface area contributed by atoms with Crippen LogP contribution in [0.15, 0.2) is 30.6 Å². The average molecular weight is 330 g/mol. The van der Waals surface area contributed by atoms with Crippen molar-refractivity contribution in [3.05, 3.63) is 47.0 Å². The maximum atomic E-state index is 13.1. The number of amides is 1. The van der Waals surface area contributed by atoms with Crippen LogP contribution < -0.4 is 4.90 Å². The normalized spacial score (nSPS) is 14.3. The smallest absolute Gasteiger partial charge is 0.276 e. The molecule has 0 saturated carbocycles. The fourth-order valence-electron chi connectivity index (χ4n) is 3.01. The van der Waals surface area contributed by atoms with Crippen molar-refractivity contribution in [3.8, 4) is 0 Å². The van der Waals surface area contributed by atoms with Crippen molar-refractivity contribution >= 4 is 29.0 Å². The summed E-state index contributed by atoms with van der Waals surface area (Å²) in [6.07, 6.45) is 5.20. The maximum Gasteiger partial charge on any atom is 0.276 e. The van der Waals surface area contributed by atoms with Crippen LogP contribution >= 0.6 is 11.6 Å². The van der Waals surface area contributed by atoms with Crippen molar-refractivity contribution in [2.24, 2.45) is 0 Å². The van der Waals surface area contributed by atoms with Gasteiger partial charge >= 0.3 is 0 Å². The summed E-state index contributed by atoms with van der Waals surface area (Å²) in [5.74, 6) is 0.592. The predicted molar refractivity (Wildman–Crippen MR) is 88.1 cm³/mol. The number of nitrogens with zero attached hydrogens (tertiary/aromatic N) is 5. The van der Waals surface area contributed by atoms with E-state index >= 15 is 0 Å². The van der Waals surface area contributed by atoms with E-state index in [1.807, 2.05) is 35.7 Å². The van der Waals surface area contributed by atoms with E-state index in [9.17, 15) is 4.79 Å². The van der Waals surface area contributed by atoms with Crippen LogP contribution in [0.4, 0.5) is 5.82 Å². The van der Waals surface area contributed by atoms with Crippen molar-refractivity contribution in [2.75, 3.05) is 11.4 Å². The Hall–Kier alpha value is -2.34. The van der Waals surface area contributed by atoms with Crippen molar-refractivity contribution in [1.29, 1.82) is 0 Å². The highest BCUT2D eigenvalue weighted by Gasteiger charge is 2.28. The van der Waals surface area contributed by atoms with Crippen molar-refractivity contribution in [2.45, 2.75) is 26.3 Å². The topological polar surface area (TPSA) is 55.4 Å². The highest BCUT2D eigenvalue weighted by Crippen LogP contribution is 2.30. The van der Waals surface area contributed by atoms with E-state index in [-0.39, 0.29) is 5.91 Å². The number of carbonyl (C=O) groups is 1. The molecule has 1 amide bonds. The summed E-state index contributed by atoms with van der Waals surface area (Å²) in [7, 11) is 0. The quantitative estimate of drug-likeness (QED) is 0.726. The zero-order valence-electron chi connectivity index (χ0n) is 12.7. The van der Waals surface area contributed by atoms with E-state index in [0.717, 1.165) is 30.7 Å². The first kappa shape index (κ1) is 14.3. The fraction of sp³-hybridized carbons (Fsp3) is 0.312. The number of rotatable bonds is 2. The Morgan fingerprint density at radius 3 is 3.04 bits per heavy atom. The van der Waals surface area contributed by atoms with Crippen LogP contribution in [-0.2, 0) is 13.0 Å². The van der Waals surface area contributed by atoms with Gasteiger partial charge in [-0.05, 0) is 25.0 Å². The summed E-state index contributed by atoms with van der Waals surface area (Å²) in [6.45, 7) is 3.46. The molecule has 118 valence electrons. The second-order valence-electron chi connectivity index (χ2n) is 5.57. The van der Waals surface area contributed by atoms with Gasteiger partial charge < -0.3 is 0 Å². The Kier molecular flexibility index (Phi) is 3.34. The van der Waals surface area contributed by atoms with Gasteiger partial charge in [-0.1, -0.05) is 24.6 Å². The summed E-state index contributed by atoms with van der Waals surface area (Å²) in [4.78, 5) is 19.3. The molecule has 0 aliphatic carbocycles. The summed E-state index contributed by atoms with van der Waals surface area (Å²) in [5, 5.41) is 4.74. The standard InChI is InChI=1S/C16H16ClN5O/c1-2-11-10-21-13(5-3-6-14(21)19-11)16(23)20-7-4-8-22-15(20)12(17)9-18-22/h3,5-6,9-10H,2,4,7-8H2,1H3. The van der Waals surface area contributed by atoms with E-state index in [1.165, 1.54) is 0 Å². The minimum Gasteiger partial charge on any atom is -0.295 e. The lowest BCUT2D eigenvalue weighted by atomic mass is 10.2. The van der Waals surface area contributed by atoms with Gasteiger partial charge in [0, 0.05) is 19.3 Å². The summed E-state index contributed by atoms with van der Waals surface area (Å²) >= 11 is 6.23. The molecule has 4 heterocycles. The van der Waals surface area contributed by atoms with Gasteiger partial charge in [0.15, 0.2) is 5.82 Å². The number of aryl methyl sites for hydroxylation is 2. The van der Waals surface area contributed by atoms with Gasteiger partial charge in [-0.3, -0.25) is 14.1 Å². The molecule has 0 N–H and O–H groups in total. The molecule has 0 aromatic carbocycles. The lowest BCUT2D eigenvalue weighted by Crippen LogP contribution is -2.38. The molecule has 0 bridgehead atoms. The van der Waals surface area contributed by atoms with Gasteiger partial charge in [-0.15, -0.1) is 0 Å². The number of halogens is 1. The third-order valence-electron chi connectivity index (χ3n) is 4.14. The number of aromatic nitrogens is 4. The Morgan fingerprint density at radius 2 is 2.22 bits per heavy atom. The van der Waals surface area contributed by atoms with Crippen LogP contribution in [0.5, 0.6) is 0 Å². The lowest BCUT2D eigenvalue weighted by Gasteiger charge is -2.28. The molecule has 0 saturated heterocycles. The Labute approximate surface area is 138 Å². The number of hydrogen-bond acceptors (Lipinski definition) is 3. The van der Waals surface area contributed by atoms with Crippen molar-refractivity contribution < 1.29 is 4.79 Å². The minimum absolute atomic E-state index is 0.0843. The maximum absolute atomic E-state index is 13.1. The van der Waals surface area contributed by atoms with E-state index in [2.05, 4.69) is 10.1 Å². The van der Waals surface area contributed by atoms with E-state index in [0.29, 0.717) is 23.1 Å². The molecule has 3 aromatic heterocycles. The molecule has 0 spiro atoms. The van der Waals surface area contributed by atoms with Crippen LogP contribution in [0.2, 0.25) is 5.02 Å². The van der Waals surface area contributed by atoms with Gasteiger partial charge in [0.1, 0.15) is 16.4 Å². The number of fused-ring (bicyclic) bond motifs is 2. The van der Waals surface area contributed by atoms with Gasteiger partial charge in [-0.25, -0.2) is 9.67 Å². The summed E-state index contributed by atoms with van der Waals surface area (Å²) in [5.41, 5.74) is 2.33. The number of imidazole rings is 1. The second-order valence-corrected chi connectivity index (χ2v) is 5.98. The summed E-state index contributed by atoms with van der Waals surface area (Å²) < 4.78 is 3.64. The van der Waals surface area contributed by atoms with Crippen LogP contribution in [0.1, 0.15) is 29.5 Å². The van der Waals surface area contributed by atoms with E-state index in [4.69, 9.17) is 11.6 Å². The van der Waals surface area contributed by atoms with Crippen LogP contribution in [-0.4, -0.2) is 31.6 Å². The second kappa shape index (κ2) is 5.38. The van der Waals surface area contributed by atoms with Crippen LogP contribution in [0, 0.1) is 0 Å². The average Bonchev–Trinajstić information content (AvgIpc) is 3.17. The molecule has 0 fully saturated rings. The van der Waals surface area contributed by atoms with Crippen LogP contribution in [0.25, 0.3) is 5.65 Å². The largest absolute Gasteiger partial charge is 0.295 e. The molecule has 1 aliphatic rings. The molecule has 0 radical (unpaired) electrons. The van der Waals surface area contributed by atoms with Gasteiger partial charge in [-0.2, -0.15) is 5.10 Å². The van der Waals surface area contributed by atoms with Gasteiger partial charge in [0.25, 0.3) is 5.91 Å². The Balaban J connectivity index is 1.81. The SMILES string of the molecule is CCc1cn2c(C(=O)N3CCCn4ncc(Cl)c43)cccc2n1. The molecular formula is C16H16ClN5O. The minimum atomic E-state index is -0.0843. The molecule has 1 aliphatic heterocycles. The Morgan fingerprint density at radius 1 is 1.35 bits per heavy atom. The van der Waals surface area contributed by atoms with Crippen molar-refractivity contribution in [1.82, 2.24) is 19.2 Å². The zero-order chi connectivity index (χ0) is 16.0. The highest BCUT2D eigenvalue weighted by atomic mass is 35.5. The van der Waals surface area contributed by atoms with E-state index in [1.54, 1.807) is 15.8 Å². The number of pyridine rings is 1. The first-order valence-electron chi connectivity index (χ1n) is 7.69. The third-order valence-corrected chi connectivity index (χ3v) is 4.41. The van der Waals surface area contributed by atoms with E-state index < -0.39 is 0 Å². The molecule has 7 heteroatoms. The number of anilines is 1. The zero-order valence-corrected chi connectivity index (χ0v) is 13.5. The molecule has 0 atom stereocenters. The molecular weight excluding hydrogens is 314 g/mol. The number of hydrogen-bond donors (Lipinski definition) is 0. The molecule has 6 nitrogen and oxygen atoms in total. The predicted octanol–water partition coefficient (Wildman–Crippen LogP) is 2.80. The fourth-order valence-corrected chi connectivity index (χ4v) is 3.26. The van der Waals surface area contributed by atoms with Gasteiger partial charge in [0.2, 0.25) is 0 Å². The molecule has 3 aromatic rings. The highest BCUT2D eigenvalue weighted by molar-refractivity contribution is 6.33. The van der Waals surface area contributed by atoms with Crippen LogP contribution in [0.3, 0.4) is 0 Å². The molecule has 4 rings (SSSR count). The molecule has 23 heavy (non-hydrogen) atoms. The van der Waals surface area contributed by atoms with Crippen molar-refractivity contribution in [3.63, 3.8) is 0 Å². The molecule has 0 unspecified atom stereocenters. The Bertz CT molecular complexity index is 897. The third kappa shape index (κ3) is 2.21. The lowest BCUT2D eigenvalue weighted by molar-refractivity contribution is 0.0975. The first-order chi connectivity index (χ1) is 11.2. The summed E-state index contributed by atoms with van der Waals surface area (Å²) in [6, 6.07) is 5.58. The first-order valence-corrected chi connectivity index (χ1v) is 8.07. The number of carbonyl (C=O) groups excluding carboxylic acids is 1. The monoisotopic (exact) mass is 329 g/mol. The van der Waals surface area contributed by atoms with Gasteiger partial charge in [0.05, 0.1) is 11.9 Å².